The maximum Gasteiger partial charge on any atom is 0.136 e. The largest absolute Gasteiger partial charge is 0.388 e. The quantitative estimate of drug-likeness (QED) is 0.375. The van der Waals surface area contributed by atoms with Gasteiger partial charge in [0.25, 0.3) is 0 Å². The van der Waals surface area contributed by atoms with E-state index in [0.717, 1.165) is 5.52 Å². The van der Waals surface area contributed by atoms with Crippen molar-refractivity contribution in [1.82, 2.24) is 35.2 Å². The number of likely N-dealkylation sites (N-methyl/N-ethyl adjacent to an activating group) is 1. The number of hydrogen-bond donors (Lipinski definition) is 2. The predicted molar refractivity (Wildman–Crippen MR) is 132 cm³/mol. The van der Waals surface area contributed by atoms with Crippen molar-refractivity contribution in [3.05, 3.63) is 96.5 Å². The minimum Gasteiger partial charge on any atom is -0.388 e. The topological polar surface area (TPSA) is 92.3 Å². The Morgan fingerprint density at radius 2 is 1.88 bits per heavy atom. The van der Waals surface area contributed by atoms with Crippen LogP contribution in [0.1, 0.15) is 32.2 Å². The Morgan fingerprint density at radius 3 is 2.53 bits per heavy atom. The Kier molecular flexibility index (Phi) is 6.32. The number of pyridine rings is 2. The number of hydrogen-bond acceptors (Lipinski definition) is 6. The molecule has 0 unspecified atom stereocenters. The van der Waals surface area contributed by atoms with Crippen LogP contribution >= 0.6 is 0 Å². The molecule has 4 rings (SSSR count). The van der Waals surface area contributed by atoms with Crippen LogP contribution in [0.4, 0.5) is 4.39 Å². The van der Waals surface area contributed by atoms with E-state index in [1.165, 1.54) is 6.33 Å². The van der Waals surface area contributed by atoms with E-state index in [4.69, 9.17) is 4.98 Å². The fourth-order valence-electron chi connectivity index (χ4n) is 3.92. The summed E-state index contributed by atoms with van der Waals surface area (Å²) < 4.78 is 16.1. The van der Waals surface area contributed by atoms with Crippen LogP contribution in [-0.2, 0) is 5.41 Å². The monoisotopic (exact) mass is 455 g/mol. The molecule has 0 spiro atoms. The highest BCUT2D eigenvalue weighted by Gasteiger charge is 2.35. The fraction of sp³-hybridized carbons (Fsp3) is 0.192. The maximum absolute atomic E-state index is 16.1. The molecule has 0 amide bonds. The molecule has 0 aliphatic carbocycles. The van der Waals surface area contributed by atoms with Crippen molar-refractivity contribution in [2.45, 2.75) is 26.2 Å². The zero-order chi connectivity index (χ0) is 24.3. The second-order valence-corrected chi connectivity index (χ2v) is 8.23. The Labute approximate surface area is 197 Å². The molecule has 4 heterocycles. The number of H-pyrrole nitrogens is 1. The number of aromatic amines is 1. The molecule has 8 heteroatoms. The minimum atomic E-state index is -0.867. The van der Waals surface area contributed by atoms with Crippen molar-refractivity contribution in [2.75, 3.05) is 7.05 Å². The summed E-state index contributed by atoms with van der Waals surface area (Å²) in [5.41, 5.74) is 3.72. The van der Waals surface area contributed by atoms with Gasteiger partial charge in [-0.05, 0) is 39.0 Å². The van der Waals surface area contributed by atoms with Gasteiger partial charge >= 0.3 is 0 Å². The standard InChI is InChI=1S/C26H26FN7/c1-6-18(28-5)21(22(27)16(2)17-13-29-15-30-14-17)26(3,4)25-33-20-10-12-32-23(24(20)34-25)19-9-7-8-11-31-19/h6-15,28H,2H2,1,3-5H3,(H,33,34)/b18-6+,22-21-. The smallest absolute Gasteiger partial charge is 0.136 e. The maximum atomic E-state index is 16.1. The molecule has 0 aliphatic heterocycles. The summed E-state index contributed by atoms with van der Waals surface area (Å²) in [6.07, 6.45) is 9.74. The molecule has 0 aliphatic rings. The van der Waals surface area contributed by atoms with Crippen molar-refractivity contribution < 1.29 is 4.39 Å². The van der Waals surface area contributed by atoms with Crippen LogP contribution in [0.5, 0.6) is 0 Å². The summed E-state index contributed by atoms with van der Waals surface area (Å²) in [5, 5.41) is 3.11. The first kappa shape index (κ1) is 23.0. The van der Waals surface area contributed by atoms with Crippen molar-refractivity contribution in [1.29, 1.82) is 0 Å². The molecule has 0 saturated carbocycles. The van der Waals surface area contributed by atoms with Crippen LogP contribution in [0.15, 0.2) is 85.1 Å². The second kappa shape index (κ2) is 9.35. The first-order valence-electron chi connectivity index (χ1n) is 10.8. The summed E-state index contributed by atoms with van der Waals surface area (Å²) in [7, 11) is 1.76. The molecule has 4 aromatic heterocycles. The molecule has 0 radical (unpaired) electrons. The lowest BCUT2D eigenvalue weighted by Crippen LogP contribution is -2.28. The molecule has 4 aromatic rings. The molecular formula is C26H26FN7. The summed E-state index contributed by atoms with van der Waals surface area (Å²) >= 11 is 0. The van der Waals surface area contributed by atoms with Gasteiger partial charge in [0.2, 0.25) is 0 Å². The van der Waals surface area contributed by atoms with Gasteiger partial charge < -0.3 is 10.3 Å². The van der Waals surface area contributed by atoms with Gasteiger partial charge in [0.15, 0.2) is 0 Å². The van der Waals surface area contributed by atoms with E-state index in [0.29, 0.717) is 39.6 Å². The highest BCUT2D eigenvalue weighted by Crippen LogP contribution is 2.40. The van der Waals surface area contributed by atoms with Gasteiger partial charge in [-0.3, -0.25) is 9.97 Å². The van der Waals surface area contributed by atoms with Crippen LogP contribution in [0.2, 0.25) is 0 Å². The zero-order valence-electron chi connectivity index (χ0n) is 19.6. The second-order valence-electron chi connectivity index (χ2n) is 8.23. The van der Waals surface area contributed by atoms with Gasteiger partial charge in [0, 0.05) is 54.2 Å². The van der Waals surface area contributed by atoms with Gasteiger partial charge in [0.1, 0.15) is 29.2 Å². The number of allylic oxidation sites excluding steroid dienone is 4. The Balaban J connectivity index is 1.90. The Morgan fingerprint density at radius 1 is 1.12 bits per heavy atom. The van der Waals surface area contributed by atoms with Crippen molar-refractivity contribution in [2.24, 2.45) is 0 Å². The number of nitrogens with one attached hydrogen (secondary N) is 2. The van der Waals surface area contributed by atoms with Crippen LogP contribution in [0, 0.1) is 0 Å². The van der Waals surface area contributed by atoms with E-state index in [1.54, 1.807) is 31.8 Å². The third-order valence-corrected chi connectivity index (χ3v) is 5.75. The molecule has 7 nitrogen and oxygen atoms in total. The summed E-state index contributed by atoms with van der Waals surface area (Å²) in [6, 6.07) is 7.49. The van der Waals surface area contributed by atoms with E-state index < -0.39 is 11.2 Å². The predicted octanol–water partition coefficient (Wildman–Crippen LogP) is 5.15. The van der Waals surface area contributed by atoms with E-state index in [9.17, 15) is 0 Å². The van der Waals surface area contributed by atoms with E-state index in [1.807, 2.05) is 51.1 Å². The molecule has 172 valence electrons. The average molecular weight is 456 g/mol. The lowest BCUT2D eigenvalue weighted by molar-refractivity contribution is 0.545. The number of halogens is 1. The summed E-state index contributed by atoms with van der Waals surface area (Å²) in [5.74, 6) is 0.121. The number of nitrogens with zero attached hydrogens (tertiary/aromatic N) is 5. The zero-order valence-corrected chi connectivity index (χ0v) is 19.6. The van der Waals surface area contributed by atoms with E-state index in [-0.39, 0.29) is 5.57 Å². The molecule has 34 heavy (non-hydrogen) atoms. The summed E-state index contributed by atoms with van der Waals surface area (Å²) in [6.45, 7) is 9.68. The third-order valence-electron chi connectivity index (χ3n) is 5.75. The molecule has 0 fully saturated rings. The number of aromatic nitrogens is 6. The van der Waals surface area contributed by atoms with Gasteiger partial charge in [-0.25, -0.2) is 19.3 Å². The van der Waals surface area contributed by atoms with Crippen molar-refractivity contribution >= 4 is 16.6 Å². The third kappa shape index (κ3) is 4.10. The Hall–Kier alpha value is -4.20. The van der Waals surface area contributed by atoms with Crippen LogP contribution in [0.3, 0.4) is 0 Å². The highest BCUT2D eigenvalue weighted by atomic mass is 19.1. The number of imidazole rings is 1. The summed E-state index contributed by atoms with van der Waals surface area (Å²) in [4.78, 5) is 25.2. The molecule has 0 atom stereocenters. The van der Waals surface area contributed by atoms with Crippen molar-refractivity contribution in [3.63, 3.8) is 0 Å². The van der Waals surface area contributed by atoms with Crippen LogP contribution < -0.4 is 5.32 Å². The van der Waals surface area contributed by atoms with Gasteiger partial charge in [0.05, 0.1) is 16.6 Å². The van der Waals surface area contributed by atoms with Crippen LogP contribution in [0.25, 0.3) is 28.0 Å². The van der Waals surface area contributed by atoms with E-state index in [2.05, 4.69) is 36.8 Å². The first-order valence-corrected chi connectivity index (χ1v) is 10.8. The van der Waals surface area contributed by atoms with Gasteiger partial charge in [-0.15, -0.1) is 0 Å². The SMILES string of the molecule is C=C(/C(F)=C(\C(=C/C)NC)C(C)(C)c1nc2c(-c3ccccn3)nccc2[nH]1)c1cncnc1. The lowest BCUT2D eigenvalue weighted by Gasteiger charge is -2.29. The molecule has 0 saturated heterocycles. The first-order chi connectivity index (χ1) is 16.4. The van der Waals surface area contributed by atoms with Crippen LogP contribution in [-0.4, -0.2) is 37.0 Å². The number of fused-ring (bicyclic) bond motifs is 1. The van der Waals surface area contributed by atoms with Crippen molar-refractivity contribution in [3.8, 4) is 11.4 Å². The highest BCUT2D eigenvalue weighted by molar-refractivity contribution is 5.88. The van der Waals surface area contributed by atoms with Gasteiger partial charge in [-0.1, -0.05) is 18.7 Å². The molecule has 0 bridgehead atoms. The van der Waals surface area contributed by atoms with E-state index >= 15 is 4.39 Å². The number of rotatable bonds is 7. The Bertz CT molecular complexity index is 1390. The average Bonchev–Trinajstić information content (AvgIpc) is 3.33. The minimum absolute atomic E-state index is 0.199. The van der Waals surface area contributed by atoms with Gasteiger partial charge in [-0.2, -0.15) is 0 Å². The fourth-order valence-corrected chi connectivity index (χ4v) is 3.92. The molecule has 2 N–H and O–H groups in total. The lowest BCUT2D eigenvalue weighted by atomic mass is 9.79. The molecule has 0 aromatic carbocycles. The molecular weight excluding hydrogens is 429 g/mol. The normalized spacial score (nSPS) is 13.0.